The van der Waals surface area contributed by atoms with Crippen molar-refractivity contribution in [2.75, 3.05) is 19.6 Å². The van der Waals surface area contributed by atoms with E-state index in [9.17, 15) is 0 Å². The van der Waals surface area contributed by atoms with E-state index in [0.29, 0.717) is 6.04 Å². The fourth-order valence-corrected chi connectivity index (χ4v) is 2.78. The van der Waals surface area contributed by atoms with E-state index in [4.69, 9.17) is 5.73 Å². The summed E-state index contributed by atoms with van der Waals surface area (Å²) in [6.07, 6.45) is 11.0. The molecule has 1 aliphatic rings. The van der Waals surface area contributed by atoms with Crippen LogP contribution in [0.4, 0.5) is 0 Å². The van der Waals surface area contributed by atoms with E-state index >= 15 is 0 Å². The van der Waals surface area contributed by atoms with Crippen molar-refractivity contribution in [1.29, 1.82) is 0 Å². The first-order valence-corrected chi connectivity index (χ1v) is 7.56. The molecule has 0 radical (unpaired) electrons. The lowest BCUT2D eigenvalue weighted by Crippen LogP contribution is -2.40. The number of hydrogen-bond acceptors (Lipinski definition) is 2. The zero-order valence-electron chi connectivity index (χ0n) is 11.8. The fourth-order valence-electron chi connectivity index (χ4n) is 2.78. The molecule has 0 aliphatic carbocycles. The van der Waals surface area contributed by atoms with Crippen LogP contribution in [0.5, 0.6) is 0 Å². The van der Waals surface area contributed by atoms with Gasteiger partial charge in [-0.3, -0.25) is 4.90 Å². The van der Waals surface area contributed by atoms with Crippen molar-refractivity contribution in [3.8, 4) is 0 Å². The van der Waals surface area contributed by atoms with Gasteiger partial charge in [0.1, 0.15) is 0 Å². The van der Waals surface area contributed by atoms with Gasteiger partial charge in [-0.2, -0.15) is 0 Å². The predicted molar refractivity (Wildman–Crippen MR) is 83.0 cm³/mol. The molecule has 0 saturated carbocycles. The molecule has 1 fully saturated rings. The molecule has 1 unspecified atom stereocenters. The van der Waals surface area contributed by atoms with Gasteiger partial charge in [-0.25, -0.2) is 0 Å². The van der Waals surface area contributed by atoms with Crippen LogP contribution in [-0.2, 0) is 0 Å². The van der Waals surface area contributed by atoms with Gasteiger partial charge < -0.3 is 5.73 Å². The first-order valence-electron chi connectivity index (χ1n) is 7.56. The average molecular weight is 258 g/mol. The molecule has 1 aromatic carbocycles. The minimum absolute atomic E-state index is 0.512. The van der Waals surface area contributed by atoms with Gasteiger partial charge in [0.25, 0.3) is 0 Å². The Balaban J connectivity index is 1.86. The number of rotatable bonds is 5. The van der Waals surface area contributed by atoms with Crippen LogP contribution in [0.15, 0.2) is 36.4 Å². The summed E-state index contributed by atoms with van der Waals surface area (Å²) in [6, 6.07) is 11.0. The van der Waals surface area contributed by atoms with E-state index in [0.717, 1.165) is 13.0 Å². The Bertz CT molecular complexity index is 364. The normalized spacial score (nSPS) is 19.4. The molecule has 2 N–H and O–H groups in total. The molecule has 1 aromatic rings. The van der Waals surface area contributed by atoms with Crippen LogP contribution in [-0.4, -0.2) is 30.6 Å². The summed E-state index contributed by atoms with van der Waals surface area (Å²) < 4.78 is 0. The van der Waals surface area contributed by atoms with E-state index in [1.165, 1.54) is 44.3 Å². The maximum Gasteiger partial charge on any atom is 0.0252 e. The van der Waals surface area contributed by atoms with Gasteiger partial charge in [-0.1, -0.05) is 55.3 Å². The highest BCUT2D eigenvalue weighted by molar-refractivity contribution is 5.48. The molecule has 104 valence electrons. The molecule has 1 aliphatic heterocycles. The van der Waals surface area contributed by atoms with Crippen molar-refractivity contribution in [3.05, 3.63) is 42.0 Å². The second kappa shape index (κ2) is 8.13. The summed E-state index contributed by atoms with van der Waals surface area (Å²) in [5.74, 6) is 0. The monoisotopic (exact) mass is 258 g/mol. The number of nitrogens with two attached hydrogens (primary N) is 1. The van der Waals surface area contributed by atoms with Crippen molar-refractivity contribution in [2.45, 2.75) is 38.1 Å². The molecule has 2 rings (SSSR count). The smallest absolute Gasteiger partial charge is 0.0252 e. The highest BCUT2D eigenvalue weighted by atomic mass is 15.2. The van der Waals surface area contributed by atoms with Crippen molar-refractivity contribution in [3.63, 3.8) is 0 Å². The van der Waals surface area contributed by atoms with Crippen LogP contribution >= 0.6 is 0 Å². The zero-order chi connectivity index (χ0) is 13.3. The maximum absolute atomic E-state index is 5.96. The molecule has 0 amide bonds. The summed E-state index contributed by atoms with van der Waals surface area (Å²) in [5.41, 5.74) is 7.23. The molecular weight excluding hydrogens is 232 g/mol. The van der Waals surface area contributed by atoms with Crippen LogP contribution in [0.2, 0.25) is 0 Å². The fraction of sp³-hybridized carbons (Fsp3) is 0.529. The molecule has 2 heteroatoms. The Morgan fingerprint density at radius 2 is 1.74 bits per heavy atom. The van der Waals surface area contributed by atoms with Gasteiger partial charge in [0.05, 0.1) is 0 Å². The van der Waals surface area contributed by atoms with Gasteiger partial charge in [-0.05, 0) is 37.9 Å². The quantitative estimate of drug-likeness (QED) is 0.878. The lowest BCUT2D eigenvalue weighted by Gasteiger charge is -2.28. The second-order valence-corrected chi connectivity index (χ2v) is 5.39. The van der Waals surface area contributed by atoms with Crippen LogP contribution in [0.3, 0.4) is 0 Å². The maximum atomic E-state index is 5.96. The largest absolute Gasteiger partial charge is 0.329 e. The number of hydrogen-bond donors (Lipinski definition) is 1. The molecule has 0 spiro atoms. The van der Waals surface area contributed by atoms with Crippen LogP contribution < -0.4 is 5.73 Å². The van der Waals surface area contributed by atoms with Gasteiger partial charge >= 0.3 is 0 Å². The summed E-state index contributed by atoms with van der Waals surface area (Å²) in [4.78, 5) is 2.59. The van der Waals surface area contributed by atoms with E-state index in [1.807, 2.05) is 0 Å². The van der Waals surface area contributed by atoms with E-state index in [2.05, 4.69) is 47.4 Å². The molecule has 1 atom stereocenters. The van der Waals surface area contributed by atoms with Crippen LogP contribution in [0.25, 0.3) is 6.08 Å². The van der Waals surface area contributed by atoms with E-state index in [1.54, 1.807) is 0 Å². The Morgan fingerprint density at radius 3 is 2.37 bits per heavy atom. The minimum atomic E-state index is 0.512. The van der Waals surface area contributed by atoms with Gasteiger partial charge in [0.2, 0.25) is 0 Å². The van der Waals surface area contributed by atoms with Gasteiger partial charge in [-0.15, -0.1) is 0 Å². The van der Waals surface area contributed by atoms with Crippen molar-refractivity contribution < 1.29 is 0 Å². The number of benzene rings is 1. The average Bonchev–Trinajstić information content (AvgIpc) is 2.74. The van der Waals surface area contributed by atoms with E-state index < -0.39 is 0 Å². The number of nitrogens with zero attached hydrogens (tertiary/aromatic N) is 1. The van der Waals surface area contributed by atoms with Crippen LogP contribution in [0.1, 0.15) is 37.7 Å². The highest BCUT2D eigenvalue weighted by Crippen LogP contribution is 2.14. The molecule has 2 nitrogen and oxygen atoms in total. The predicted octanol–water partition coefficient (Wildman–Crippen LogP) is 3.29. The van der Waals surface area contributed by atoms with Crippen molar-refractivity contribution in [2.24, 2.45) is 5.73 Å². The third-order valence-corrected chi connectivity index (χ3v) is 3.95. The molecule has 19 heavy (non-hydrogen) atoms. The van der Waals surface area contributed by atoms with Crippen LogP contribution in [0, 0.1) is 0 Å². The lowest BCUT2D eigenvalue weighted by molar-refractivity contribution is 0.209. The summed E-state index contributed by atoms with van der Waals surface area (Å²) in [5, 5.41) is 0. The number of likely N-dealkylation sites (tertiary alicyclic amines) is 1. The first kappa shape index (κ1) is 14.3. The Morgan fingerprint density at radius 1 is 1.05 bits per heavy atom. The minimum Gasteiger partial charge on any atom is -0.329 e. The first-order chi connectivity index (χ1) is 9.40. The molecule has 0 aromatic heterocycles. The highest BCUT2D eigenvalue weighted by Gasteiger charge is 2.16. The molecule has 0 bridgehead atoms. The van der Waals surface area contributed by atoms with Gasteiger partial charge in [0.15, 0.2) is 0 Å². The Labute approximate surface area is 117 Å². The molecular formula is C17H26N2. The summed E-state index contributed by atoms with van der Waals surface area (Å²) in [7, 11) is 0. The topological polar surface area (TPSA) is 29.3 Å². The molecule has 1 heterocycles. The van der Waals surface area contributed by atoms with Gasteiger partial charge in [0, 0.05) is 12.6 Å². The standard InChI is InChI=1S/C17H26N2/c18-15-17(19-13-6-1-2-7-14-19)12-8-11-16-9-4-3-5-10-16/h3-5,8-11,17H,1-2,6-7,12-15,18H2/b11-8-. The zero-order valence-corrected chi connectivity index (χ0v) is 11.8. The lowest BCUT2D eigenvalue weighted by atomic mass is 10.1. The van der Waals surface area contributed by atoms with Crippen molar-refractivity contribution >= 4 is 6.08 Å². The SMILES string of the molecule is NCC(C/C=C\c1ccccc1)N1CCCCCC1. The third-order valence-electron chi connectivity index (χ3n) is 3.95. The third kappa shape index (κ3) is 4.81. The Hall–Kier alpha value is -1.12. The summed E-state index contributed by atoms with van der Waals surface area (Å²) in [6.45, 7) is 3.21. The summed E-state index contributed by atoms with van der Waals surface area (Å²) >= 11 is 0. The van der Waals surface area contributed by atoms with Crippen molar-refractivity contribution in [1.82, 2.24) is 4.90 Å². The Kier molecular flexibility index (Phi) is 6.12. The molecule has 1 saturated heterocycles. The van der Waals surface area contributed by atoms with E-state index in [-0.39, 0.29) is 0 Å². The second-order valence-electron chi connectivity index (χ2n) is 5.39.